The van der Waals surface area contributed by atoms with E-state index in [1.807, 2.05) is 19.9 Å². The molecule has 0 aromatic heterocycles. The summed E-state index contributed by atoms with van der Waals surface area (Å²) in [6.45, 7) is 3.67. The minimum absolute atomic E-state index is 0.192. The van der Waals surface area contributed by atoms with Crippen LogP contribution in [0.4, 0.5) is 4.39 Å². The standard InChI is InChI=1S/C14H12ClFO3S/c1-9-5-10(2)7-11(6-9)19-20(17,18)12-3-4-14(16)13(15)8-12/h3-8H,1-2H3. The van der Waals surface area contributed by atoms with E-state index >= 15 is 0 Å². The first-order valence-electron chi connectivity index (χ1n) is 5.76. The Balaban J connectivity index is 2.37. The molecule has 0 unspecified atom stereocenters. The highest BCUT2D eigenvalue weighted by molar-refractivity contribution is 7.87. The topological polar surface area (TPSA) is 43.4 Å². The monoisotopic (exact) mass is 314 g/mol. The first-order valence-corrected chi connectivity index (χ1v) is 7.54. The van der Waals surface area contributed by atoms with Crippen LogP contribution in [0.5, 0.6) is 5.75 Å². The summed E-state index contributed by atoms with van der Waals surface area (Å²) in [7, 11) is -4.04. The molecule has 0 radical (unpaired) electrons. The Bertz CT molecular complexity index is 737. The lowest BCUT2D eigenvalue weighted by atomic mass is 10.1. The SMILES string of the molecule is Cc1cc(C)cc(OS(=O)(=O)c2ccc(F)c(Cl)c2)c1. The van der Waals surface area contributed by atoms with Crippen LogP contribution in [-0.4, -0.2) is 8.42 Å². The zero-order valence-corrected chi connectivity index (χ0v) is 12.4. The minimum Gasteiger partial charge on any atom is -0.379 e. The molecule has 0 N–H and O–H groups in total. The van der Waals surface area contributed by atoms with Gasteiger partial charge in [-0.15, -0.1) is 0 Å². The summed E-state index contributed by atoms with van der Waals surface area (Å²) in [6.07, 6.45) is 0. The maximum Gasteiger partial charge on any atom is 0.339 e. The fourth-order valence-corrected chi connectivity index (χ4v) is 2.98. The molecule has 20 heavy (non-hydrogen) atoms. The van der Waals surface area contributed by atoms with Crippen LogP contribution >= 0.6 is 11.6 Å². The van der Waals surface area contributed by atoms with Crippen LogP contribution in [0, 0.1) is 19.7 Å². The third kappa shape index (κ3) is 3.29. The fraction of sp³-hybridized carbons (Fsp3) is 0.143. The molecule has 106 valence electrons. The normalized spacial score (nSPS) is 11.4. The summed E-state index contributed by atoms with van der Waals surface area (Å²) in [4.78, 5) is -0.192. The molecule has 0 saturated carbocycles. The van der Waals surface area contributed by atoms with E-state index in [9.17, 15) is 12.8 Å². The van der Waals surface area contributed by atoms with Crippen molar-refractivity contribution in [2.45, 2.75) is 18.7 Å². The van der Waals surface area contributed by atoms with E-state index in [-0.39, 0.29) is 15.7 Å². The first kappa shape index (κ1) is 14.8. The van der Waals surface area contributed by atoms with E-state index in [1.165, 1.54) is 0 Å². The van der Waals surface area contributed by atoms with Gasteiger partial charge >= 0.3 is 10.1 Å². The van der Waals surface area contributed by atoms with Gasteiger partial charge in [-0.05, 0) is 55.3 Å². The van der Waals surface area contributed by atoms with E-state index in [2.05, 4.69) is 0 Å². The molecule has 3 nitrogen and oxygen atoms in total. The van der Waals surface area contributed by atoms with E-state index < -0.39 is 15.9 Å². The Kier molecular flexibility index (Phi) is 4.01. The van der Waals surface area contributed by atoms with Crippen LogP contribution in [-0.2, 0) is 10.1 Å². The quantitative estimate of drug-likeness (QED) is 0.808. The molecular formula is C14H12ClFO3S. The summed E-state index contributed by atoms with van der Waals surface area (Å²) in [5.41, 5.74) is 1.76. The van der Waals surface area contributed by atoms with E-state index in [1.54, 1.807) is 12.1 Å². The van der Waals surface area contributed by atoms with Crippen molar-refractivity contribution in [3.63, 3.8) is 0 Å². The summed E-state index contributed by atoms with van der Waals surface area (Å²) in [5.74, 6) is -0.472. The Morgan fingerprint density at radius 1 is 1.05 bits per heavy atom. The van der Waals surface area contributed by atoms with Crippen molar-refractivity contribution in [3.8, 4) is 5.75 Å². The number of rotatable bonds is 3. The molecule has 0 bridgehead atoms. The van der Waals surface area contributed by atoms with Gasteiger partial charge in [0.1, 0.15) is 16.5 Å². The van der Waals surface area contributed by atoms with Gasteiger partial charge in [-0.1, -0.05) is 17.7 Å². The van der Waals surface area contributed by atoms with Gasteiger partial charge in [0.15, 0.2) is 0 Å². The maximum absolute atomic E-state index is 13.1. The van der Waals surface area contributed by atoms with Gasteiger partial charge in [-0.3, -0.25) is 0 Å². The zero-order chi connectivity index (χ0) is 14.9. The lowest BCUT2D eigenvalue weighted by molar-refractivity contribution is 0.485. The number of hydrogen-bond donors (Lipinski definition) is 0. The number of aryl methyl sites for hydroxylation is 2. The molecule has 2 rings (SSSR count). The van der Waals surface area contributed by atoms with Gasteiger partial charge < -0.3 is 4.18 Å². The lowest BCUT2D eigenvalue weighted by Gasteiger charge is -2.09. The molecule has 0 amide bonds. The van der Waals surface area contributed by atoms with Gasteiger partial charge in [-0.2, -0.15) is 8.42 Å². The molecule has 0 atom stereocenters. The second-order valence-corrected chi connectivity index (χ2v) is 6.39. The van der Waals surface area contributed by atoms with Crippen LogP contribution in [0.15, 0.2) is 41.3 Å². The molecule has 6 heteroatoms. The molecule has 2 aromatic carbocycles. The molecule has 0 aliphatic rings. The lowest BCUT2D eigenvalue weighted by Crippen LogP contribution is -2.10. The predicted molar refractivity (Wildman–Crippen MR) is 75.1 cm³/mol. The number of hydrogen-bond acceptors (Lipinski definition) is 3. The van der Waals surface area contributed by atoms with Gasteiger partial charge in [-0.25, -0.2) is 4.39 Å². The van der Waals surface area contributed by atoms with Crippen molar-refractivity contribution < 1.29 is 17.0 Å². The Morgan fingerprint density at radius 2 is 1.65 bits per heavy atom. The van der Waals surface area contributed by atoms with Crippen LogP contribution < -0.4 is 4.18 Å². The highest BCUT2D eigenvalue weighted by Crippen LogP contribution is 2.24. The average molecular weight is 315 g/mol. The van der Waals surface area contributed by atoms with Crippen molar-refractivity contribution in [1.29, 1.82) is 0 Å². The van der Waals surface area contributed by atoms with Crippen molar-refractivity contribution in [1.82, 2.24) is 0 Å². The third-order valence-corrected chi connectivity index (χ3v) is 4.11. The Labute approximate surface area is 122 Å². The number of halogens is 2. The van der Waals surface area contributed by atoms with Crippen LogP contribution in [0.1, 0.15) is 11.1 Å². The summed E-state index contributed by atoms with van der Waals surface area (Å²) < 4.78 is 42.3. The van der Waals surface area contributed by atoms with Crippen LogP contribution in [0.25, 0.3) is 0 Å². The molecule has 0 aliphatic heterocycles. The summed E-state index contributed by atoms with van der Waals surface area (Å²) >= 11 is 5.58. The van der Waals surface area contributed by atoms with E-state index in [4.69, 9.17) is 15.8 Å². The number of benzene rings is 2. The van der Waals surface area contributed by atoms with Crippen molar-refractivity contribution in [3.05, 3.63) is 58.4 Å². The Hall–Kier alpha value is -1.59. The highest BCUT2D eigenvalue weighted by Gasteiger charge is 2.18. The van der Waals surface area contributed by atoms with E-state index in [0.717, 1.165) is 29.3 Å². The van der Waals surface area contributed by atoms with Gasteiger partial charge in [0, 0.05) is 0 Å². The first-order chi connectivity index (χ1) is 9.28. The molecule has 2 aromatic rings. The van der Waals surface area contributed by atoms with Gasteiger partial charge in [0.2, 0.25) is 0 Å². The summed E-state index contributed by atoms with van der Waals surface area (Å²) in [5, 5.41) is -0.268. The second-order valence-electron chi connectivity index (χ2n) is 4.44. The molecule has 0 heterocycles. The molecule has 0 saturated heterocycles. The van der Waals surface area contributed by atoms with E-state index in [0.29, 0.717) is 0 Å². The Morgan fingerprint density at radius 3 is 2.20 bits per heavy atom. The molecular weight excluding hydrogens is 303 g/mol. The van der Waals surface area contributed by atoms with Gasteiger partial charge in [0.25, 0.3) is 0 Å². The van der Waals surface area contributed by atoms with Gasteiger partial charge in [0.05, 0.1) is 5.02 Å². The molecule has 0 spiro atoms. The minimum atomic E-state index is -4.04. The summed E-state index contributed by atoms with van der Waals surface area (Å²) in [6, 6.07) is 8.23. The fourth-order valence-electron chi connectivity index (χ4n) is 1.79. The molecule has 0 fully saturated rings. The zero-order valence-electron chi connectivity index (χ0n) is 10.9. The van der Waals surface area contributed by atoms with Crippen molar-refractivity contribution in [2.75, 3.05) is 0 Å². The van der Waals surface area contributed by atoms with Crippen LogP contribution in [0.3, 0.4) is 0 Å². The van der Waals surface area contributed by atoms with Crippen molar-refractivity contribution in [2.24, 2.45) is 0 Å². The largest absolute Gasteiger partial charge is 0.379 e. The highest BCUT2D eigenvalue weighted by atomic mass is 35.5. The second kappa shape index (κ2) is 5.42. The van der Waals surface area contributed by atoms with Crippen molar-refractivity contribution >= 4 is 21.7 Å². The third-order valence-electron chi connectivity index (χ3n) is 2.58. The van der Waals surface area contributed by atoms with Crippen LogP contribution in [0.2, 0.25) is 5.02 Å². The predicted octanol–water partition coefficient (Wildman–Crippen LogP) is 3.86. The smallest absolute Gasteiger partial charge is 0.339 e. The maximum atomic E-state index is 13.1. The molecule has 0 aliphatic carbocycles. The average Bonchev–Trinajstić information content (AvgIpc) is 2.30.